The second-order valence-corrected chi connectivity index (χ2v) is 12.4. The third-order valence-corrected chi connectivity index (χ3v) is 8.56. The van der Waals surface area contributed by atoms with E-state index in [1.54, 1.807) is 7.11 Å². The van der Waals surface area contributed by atoms with E-state index in [0.29, 0.717) is 37.3 Å². The molecule has 45 heavy (non-hydrogen) atoms. The molecule has 1 fully saturated rings. The molecule has 9 nitrogen and oxygen atoms in total. The quantitative estimate of drug-likeness (QED) is 0.252. The molecule has 2 aliphatic carbocycles. The molecule has 2 N–H and O–H groups in total. The number of benzene rings is 2. The Morgan fingerprint density at radius 2 is 1.80 bits per heavy atom. The van der Waals surface area contributed by atoms with Crippen LogP contribution in [0.4, 0.5) is 4.79 Å². The van der Waals surface area contributed by atoms with Crippen molar-refractivity contribution in [2.75, 3.05) is 7.11 Å². The van der Waals surface area contributed by atoms with Gasteiger partial charge < -0.3 is 24.6 Å². The highest BCUT2D eigenvalue weighted by Gasteiger charge is 2.40. The maximum atomic E-state index is 13.2. The Morgan fingerprint density at radius 3 is 2.42 bits per heavy atom. The third kappa shape index (κ3) is 7.84. The van der Waals surface area contributed by atoms with E-state index in [1.807, 2.05) is 79.2 Å². The number of allylic oxidation sites excluding steroid dienone is 4. The van der Waals surface area contributed by atoms with Crippen molar-refractivity contribution in [1.82, 2.24) is 15.1 Å². The zero-order valence-electron chi connectivity index (χ0n) is 26.4. The van der Waals surface area contributed by atoms with Gasteiger partial charge in [0.2, 0.25) is 0 Å². The van der Waals surface area contributed by atoms with Crippen LogP contribution in [0.15, 0.2) is 78.9 Å². The Labute approximate surface area is 264 Å². The number of carbonyl (C=O) groups is 2. The topological polar surface area (TPSA) is 112 Å². The normalized spacial score (nSPS) is 22.0. The van der Waals surface area contributed by atoms with Gasteiger partial charge in [-0.3, -0.25) is 0 Å². The van der Waals surface area contributed by atoms with Crippen molar-refractivity contribution in [3.8, 4) is 11.4 Å². The van der Waals surface area contributed by atoms with Crippen LogP contribution < -0.4 is 10.1 Å². The Kier molecular flexibility index (Phi) is 10.1. The predicted octanol–water partition coefficient (Wildman–Crippen LogP) is 6.48. The zero-order chi connectivity index (χ0) is 32.0. The molecule has 2 atom stereocenters. The monoisotopic (exact) mass is 613 g/mol. The fourth-order valence-electron chi connectivity index (χ4n) is 5.72. The van der Waals surface area contributed by atoms with Gasteiger partial charge in [0, 0.05) is 0 Å². The maximum Gasteiger partial charge on any atom is 0.408 e. The van der Waals surface area contributed by atoms with E-state index in [9.17, 15) is 14.7 Å². The Balaban J connectivity index is 1.24. The summed E-state index contributed by atoms with van der Waals surface area (Å²) in [5.74, 6) is 0.518. The van der Waals surface area contributed by atoms with Gasteiger partial charge in [-0.15, -0.1) is 0 Å². The number of nitrogens with zero attached hydrogens (tertiary/aromatic N) is 2. The summed E-state index contributed by atoms with van der Waals surface area (Å²) in [4.78, 5) is 25.6. The van der Waals surface area contributed by atoms with Crippen molar-refractivity contribution in [3.05, 3.63) is 95.8 Å². The average Bonchev–Trinajstić information content (AvgIpc) is 3.51. The number of nitrogens with one attached hydrogen (secondary N) is 1. The summed E-state index contributed by atoms with van der Waals surface area (Å²) in [7, 11) is 1.63. The van der Waals surface area contributed by atoms with E-state index >= 15 is 0 Å². The first-order chi connectivity index (χ1) is 21.6. The number of hydrogen-bond donors (Lipinski definition) is 2. The van der Waals surface area contributed by atoms with Gasteiger partial charge in [-0.1, -0.05) is 69.3 Å². The van der Waals surface area contributed by atoms with Gasteiger partial charge in [0.1, 0.15) is 30.1 Å². The van der Waals surface area contributed by atoms with Gasteiger partial charge in [-0.2, -0.15) is 5.10 Å². The summed E-state index contributed by atoms with van der Waals surface area (Å²) in [6.07, 6.45) is 8.10. The minimum Gasteiger partial charge on any atom is -0.497 e. The van der Waals surface area contributed by atoms with Gasteiger partial charge in [-0.25, -0.2) is 14.3 Å². The SMILES string of the molecule is COc1ccc(-n2nc(C3(O)CCC(OC(=O)[C@@H](NC(=O)OCc4ccccc4)C(C)C)CC3)cc2C2=CC[C@@H](C)C=C2)cc1. The van der Waals surface area contributed by atoms with Gasteiger partial charge in [0.15, 0.2) is 0 Å². The van der Waals surface area contributed by atoms with Crippen LogP contribution in [0, 0.1) is 11.8 Å². The molecule has 1 aromatic heterocycles. The summed E-state index contributed by atoms with van der Waals surface area (Å²) >= 11 is 0. The number of carbonyl (C=O) groups excluding carboxylic acids is 2. The van der Waals surface area contributed by atoms with Crippen molar-refractivity contribution in [1.29, 1.82) is 0 Å². The number of methoxy groups -OCH3 is 1. The summed E-state index contributed by atoms with van der Waals surface area (Å²) in [5.41, 5.74) is 3.11. The summed E-state index contributed by atoms with van der Waals surface area (Å²) in [5, 5.41) is 19.4. The number of esters is 1. The first-order valence-corrected chi connectivity index (χ1v) is 15.7. The largest absolute Gasteiger partial charge is 0.497 e. The fraction of sp³-hybridized carbons (Fsp3) is 0.417. The molecule has 0 spiro atoms. The van der Waals surface area contributed by atoms with Crippen molar-refractivity contribution in [2.24, 2.45) is 11.8 Å². The van der Waals surface area contributed by atoms with Gasteiger partial charge in [-0.05, 0) is 85.4 Å². The van der Waals surface area contributed by atoms with Crippen LogP contribution in [-0.4, -0.2) is 46.2 Å². The molecule has 3 aromatic rings. The lowest BCUT2D eigenvalue weighted by molar-refractivity contribution is -0.157. The molecule has 0 bridgehead atoms. The molecule has 5 rings (SSSR count). The molecule has 2 aliphatic rings. The zero-order valence-corrected chi connectivity index (χ0v) is 26.4. The number of ether oxygens (including phenoxy) is 3. The van der Waals surface area contributed by atoms with E-state index in [2.05, 4.69) is 30.5 Å². The van der Waals surface area contributed by atoms with Crippen molar-refractivity contribution < 1.29 is 28.9 Å². The molecule has 238 valence electrons. The summed E-state index contributed by atoms with van der Waals surface area (Å²) < 4.78 is 18.4. The number of hydrogen-bond acceptors (Lipinski definition) is 7. The molecule has 1 amide bonds. The maximum absolute atomic E-state index is 13.2. The van der Waals surface area contributed by atoms with Gasteiger partial charge in [0.25, 0.3) is 0 Å². The molecular formula is C36H43N3O6. The summed E-state index contributed by atoms with van der Waals surface area (Å²) in [6.45, 7) is 5.98. The minimum absolute atomic E-state index is 0.108. The molecule has 1 heterocycles. The molecule has 2 aromatic carbocycles. The van der Waals surface area contributed by atoms with Crippen molar-refractivity contribution >= 4 is 17.6 Å². The Morgan fingerprint density at radius 1 is 1.09 bits per heavy atom. The Bertz CT molecular complexity index is 1520. The molecule has 0 aliphatic heterocycles. The fourth-order valence-corrected chi connectivity index (χ4v) is 5.72. The third-order valence-electron chi connectivity index (χ3n) is 8.56. The predicted molar refractivity (Wildman–Crippen MR) is 172 cm³/mol. The second kappa shape index (κ2) is 14.2. The highest BCUT2D eigenvalue weighted by molar-refractivity contribution is 5.81. The van der Waals surface area contributed by atoms with Crippen LogP contribution in [-0.2, 0) is 26.5 Å². The number of alkyl carbamates (subject to hydrolysis) is 1. The lowest BCUT2D eigenvalue weighted by Crippen LogP contribution is -2.47. The van der Waals surface area contributed by atoms with Crippen LogP contribution in [0.2, 0.25) is 0 Å². The molecule has 0 saturated heterocycles. The van der Waals surface area contributed by atoms with Crippen LogP contribution in [0.5, 0.6) is 5.75 Å². The first kappa shape index (κ1) is 32.0. The first-order valence-electron chi connectivity index (χ1n) is 15.7. The van der Waals surface area contributed by atoms with Crippen LogP contribution in [0.25, 0.3) is 11.3 Å². The average molecular weight is 614 g/mol. The highest BCUT2D eigenvalue weighted by Crippen LogP contribution is 2.39. The number of aliphatic hydroxyl groups is 1. The molecular weight excluding hydrogens is 570 g/mol. The Hall–Kier alpha value is -4.37. The number of amides is 1. The van der Waals surface area contributed by atoms with Crippen LogP contribution in [0.3, 0.4) is 0 Å². The van der Waals surface area contributed by atoms with Crippen LogP contribution in [0.1, 0.15) is 69.8 Å². The number of rotatable bonds is 10. The molecule has 0 unspecified atom stereocenters. The lowest BCUT2D eigenvalue weighted by Gasteiger charge is -2.35. The summed E-state index contributed by atoms with van der Waals surface area (Å²) in [6, 6.07) is 18.2. The second-order valence-electron chi connectivity index (χ2n) is 12.4. The lowest BCUT2D eigenvalue weighted by atomic mass is 9.81. The van der Waals surface area contributed by atoms with Crippen molar-refractivity contribution in [3.63, 3.8) is 0 Å². The van der Waals surface area contributed by atoms with E-state index < -0.39 is 23.7 Å². The molecule has 0 radical (unpaired) electrons. The standard InChI is InChI=1S/C36H43N3O6/c1-24(2)33(37-35(41)44-23-26-8-6-5-7-9-26)34(40)45-30-18-20-36(42,21-19-30)32-22-31(27-12-10-25(3)11-13-27)39(38-32)28-14-16-29(43-4)17-15-28/h5-10,12-17,22,24-25,30,33,42H,11,18-21,23H2,1-4H3,(H,37,41)/t25-,30?,33-,36?/m0/s1. The van der Waals surface area contributed by atoms with E-state index in [0.717, 1.165) is 34.7 Å². The molecule has 9 heteroatoms. The van der Waals surface area contributed by atoms with Gasteiger partial charge in [0.05, 0.1) is 24.2 Å². The smallest absolute Gasteiger partial charge is 0.408 e. The molecule has 1 saturated carbocycles. The van der Waals surface area contributed by atoms with E-state index in [4.69, 9.17) is 19.3 Å². The van der Waals surface area contributed by atoms with Crippen molar-refractivity contribution in [2.45, 2.75) is 77.2 Å². The van der Waals surface area contributed by atoms with Gasteiger partial charge >= 0.3 is 12.1 Å². The highest BCUT2D eigenvalue weighted by atomic mass is 16.6. The van der Waals surface area contributed by atoms with E-state index in [-0.39, 0.29) is 18.6 Å². The van der Waals surface area contributed by atoms with Crippen LogP contribution >= 0.6 is 0 Å². The van der Waals surface area contributed by atoms with E-state index in [1.165, 1.54) is 0 Å². The minimum atomic E-state index is -1.17. The number of aromatic nitrogens is 2.